The van der Waals surface area contributed by atoms with Crippen molar-refractivity contribution in [3.05, 3.63) is 35.9 Å². The van der Waals surface area contributed by atoms with Crippen molar-refractivity contribution in [1.29, 1.82) is 0 Å². The summed E-state index contributed by atoms with van der Waals surface area (Å²) in [5, 5.41) is 9.21. The van der Waals surface area contributed by atoms with Crippen LogP contribution < -0.4 is 0 Å². The van der Waals surface area contributed by atoms with E-state index in [1.54, 1.807) is 0 Å². The number of carboxylic acids is 1. The molecule has 0 bridgehead atoms. The monoisotopic (exact) mass is 293 g/mol. The quantitative estimate of drug-likeness (QED) is 0.897. The molecular formula is C15H19NO5. The minimum atomic E-state index is -1.01. The van der Waals surface area contributed by atoms with E-state index < -0.39 is 18.1 Å². The highest BCUT2D eigenvalue weighted by Crippen LogP contribution is 2.26. The highest BCUT2D eigenvalue weighted by molar-refractivity contribution is 5.81. The van der Waals surface area contributed by atoms with E-state index in [0.717, 1.165) is 5.56 Å². The summed E-state index contributed by atoms with van der Waals surface area (Å²) in [5.41, 5.74) is 0.861. The average Bonchev–Trinajstić information content (AvgIpc) is 2.90. The van der Waals surface area contributed by atoms with E-state index in [1.165, 1.54) is 12.0 Å². The zero-order valence-electron chi connectivity index (χ0n) is 11.9. The van der Waals surface area contributed by atoms with Gasteiger partial charge in [-0.2, -0.15) is 0 Å². The van der Waals surface area contributed by atoms with Gasteiger partial charge in [0.1, 0.15) is 12.6 Å². The highest BCUT2D eigenvalue weighted by Gasteiger charge is 2.41. The van der Waals surface area contributed by atoms with Crippen molar-refractivity contribution in [3.8, 4) is 0 Å². The zero-order valence-corrected chi connectivity index (χ0v) is 11.9. The molecule has 6 heteroatoms. The van der Waals surface area contributed by atoms with Crippen LogP contribution in [0.2, 0.25) is 0 Å². The number of amides is 1. The highest BCUT2D eigenvalue weighted by atomic mass is 16.6. The van der Waals surface area contributed by atoms with Crippen LogP contribution in [0.1, 0.15) is 18.4 Å². The van der Waals surface area contributed by atoms with Gasteiger partial charge in [-0.15, -0.1) is 0 Å². The number of ether oxygens (including phenoxy) is 2. The first-order valence-electron chi connectivity index (χ1n) is 6.84. The van der Waals surface area contributed by atoms with Crippen LogP contribution in [0.5, 0.6) is 0 Å². The van der Waals surface area contributed by atoms with Crippen LogP contribution in [-0.2, 0) is 20.9 Å². The van der Waals surface area contributed by atoms with Crippen molar-refractivity contribution in [2.45, 2.75) is 31.5 Å². The fraction of sp³-hybridized carbons (Fsp3) is 0.467. The van der Waals surface area contributed by atoms with Gasteiger partial charge in [-0.3, -0.25) is 4.90 Å². The summed E-state index contributed by atoms with van der Waals surface area (Å²) in [6.07, 6.45) is 0.417. The number of nitrogens with zero attached hydrogens (tertiary/aromatic N) is 1. The van der Waals surface area contributed by atoms with Crippen molar-refractivity contribution in [3.63, 3.8) is 0 Å². The van der Waals surface area contributed by atoms with E-state index in [2.05, 4.69) is 0 Å². The lowest BCUT2D eigenvalue weighted by Crippen LogP contribution is -2.46. The van der Waals surface area contributed by atoms with Crippen LogP contribution in [-0.4, -0.2) is 47.9 Å². The van der Waals surface area contributed by atoms with Crippen molar-refractivity contribution in [2.75, 3.05) is 13.7 Å². The largest absolute Gasteiger partial charge is 0.480 e. The summed E-state index contributed by atoms with van der Waals surface area (Å²) >= 11 is 0. The number of benzene rings is 1. The number of methoxy groups -OCH3 is 1. The zero-order chi connectivity index (χ0) is 15.2. The van der Waals surface area contributed by atoms with E-state index in [-0.39, 0.29) is 12.6 Å². The van der Waals surface area contributed by atoms with E-state index in [1.807, 2.05) is 30.3 Å². The van der Waals surface area contributed by atoms with Crippen LogP contribution in [0.3, 0.4) is 0 Å². The van der Waals surface area contributed by atoms with Crippen molar-refractivity contribution in [2.24, 2.45) is 0 Å². The lowest BCUT2D eigenvalue weighted by atomic mass is 10.2. The SMILES string of the molecule is COC[C@H]1CC[C@H](C(=O)O)N1C(=O)OCc1ccccc1. The standard InChI is InChI=1S/C15H19NO5/c1-20-10-12-7-8-13(14(17)18)16(12)15(19)21-9-11-5-3-2-4-6-11/h2-6,12-13H,7-10H2,1H3,(H,17,18)/t12-,13-/m1/s1. The van der Waals surface area contributed by atoms with Gasteiger partial charge in [-0.05, 0) is 18.4 Å². The van der Waals surface area contributed by atoms with E-state index >= 15 is 0 Å². The normalized spacial score (nSPS) is 21.3. The molecule has 1 saturated heterocycles. The van der Waals surface area contributed by atoms with Gasteiger partial charge >= 0.3 is 12.1 Å². The Hall–Kier alpha value is -2.08. The molecule has 0 unspecified atom stereocenters. The third-order valence-electron chi connectivity index (χ3n) is 3.56. The molecule has 2 rings (SSSR count). The molecule has 1 N–H and O–H groups in total. The Balaban J connectivity index is 2.01. The molecule has 1 aliphatic rings. The first-order chi connectivity index (χ1) is 10.1. The van der Waals surface area contributed by atoms with Crippen LogP contribution in [0.25, 0.3) is 0 Å². The molecule has 0 radical (unpaired) electrons. The van der Waals surface area contributed by atoms with Crippen molar-refractivity contribution < 1.29 is 24.2 Å². The van der Waals surface area contributed by atoms with Gasteiger partial charge < -0.3 is 14.6 Å². The number of carbonyl (C=O) groups is 2. The molecule has 1 fully saturated rings. The fourth-order valence-electron chi connectivity index (χ4n) is 2.55. The molecule has 1 aromatic carbocycles. The molecule has 2 atom stereocenters. The Labute approximate surface area is 123 Å². The summed E-state index contributed by atoms with van der Waals surface area (Å²) in [4.78, 5) is 24.7. The number of carboxylic acid groups (broad SMARTS) is 1. The first-order valence-corrected chi connectivity index (χ1v) is 6.84. The molecule has 1 aliphatic heterocycles. The number of rotatable bonds is 5. The summed E-state index contributed by atoms with van der Waals surface area (Å²) in [6.45, 7) is 0.437. The third-order valence-corrected chi connectivity index (χ3v) is 3.56. The Morgan fingerprint density at radius 3 is 2.62 bits per heavy atom. The fourth-order valence-corrected chi connectivity index (χ4v) is 2.55. The van der Waals surface area contributed by atoms with Crippen LogP contribution in [0, 0.1) is 0 Å². The average molecular weight is 293 g/mol. The number of aliphatic carboxylic acids is 1. The maximum atomic E-state index is 12.2. The Bertz CT molecular complexity index is 490. The van der Waals surface area contributed by atoms with E-state index in [0.29, 0.717) is 19.4 Å². The molecular weight excluding hydrogens is 274 g/mol. The summed E-state index contributed by atoms with van der Waals surface area (Å²) in [5.74, 6) is -1.01. The molecule has 1 amide bonds. The second-order valence-electron chi connectivity index (χ2n) is 4.99. The lowest BCUT2D eigenvalue weighted by molar-refractivity contribution is -0.142. The summed E-state index contributed by atoms with van der Waals surface area (Å²) in [7, 11) is 1.53. The molecule has 0 aromatic heterocycles. The minimum Gasteiger partial charge on any atom is -0.480 e. The van der Waals surface area contributed by atoms with Crippen molar-refractivity contribution >= 4 is 12.1 Å². The van der Waals surface area contributed by atoms with Crippen molar-refractivity contribution in [1.82, 2.24) is 4.90 Å². The van der Waals surface area contributed by atoms with Gasteiger partial charge in [-0.25, -0.2) is 9.59 Å². The first kappa shape index (κ1) is 15.3. The minimum absolute atomic E-state index is 0.127. The molecule has 114 valence electrons. The lowest BCUT2D eigenvalue weighted by Gasteiger charge is -2.27. The number of hydrogen-bond acceptors (Lipinski definition) is 4. The predicted octanol–water partition coefficient (Wildman–Crippen LogP) is 1.89. The van der Waals surface area contributed by atoms with Gasteiger partial charge in [-0.1, -0.05) is 30.3 Å². The smallest absolute Gasteiger partial charge is 0.411 e. The van der Waals surface area contributed by atoms with Gasteiger partial charge in [0, 0.05) is 7.11 Å². The van der Waals surface area contributed by atoms with Gasteiger partial charge in [0.2, 0.25) is 0 Å². The Morgan fingerprint density at radius 2 is 2.00 bits per heavy atom. The number of likely N-dealkylation sites (tertiary alicyclic amines) is 1. The van der Waals surface area contributed by atoms with Gasteiger partial charge in [0.15, 0.2) is 0 Å². The van der Waals surface area contributed by atoms with Crippen LogP contribution in [0.4, 0.5) is 4.79 Å². The summed E-state index contributed by atoms with van der Waals surface area (Å²) < 4.78 is 10.3. The molecule has 21 heavy (non-hydrogen) atoms. The van der Waals surface area contributed by atoms with Crippen LogP contribution >= 0.6 is 0 Å². The van der Waals surface area contributed by atoms with E-state index in [9.17, 15) is 14.7 Å². The molecule has 0 spiro atoms. The second-order valence-corrected chi connectivity index (χ2v) is 4.99. The molecule has 0 aliphatic carbocycles. The maximum absolute atomic E-state index is 12.2. The molecule has 1 heterocycles. The topological polar surface area (TPSA) is 76.1 Å². The molecule has 1 aromatic rings. The second kappa shape index (κ2) is 7.08. The van der Waals surface area contributed by atoms with Gasteiger partial charge in [0.25, 0.3) is 0 Å². The Kier molecular flexibility index (Phi) is 5.16. The van der Waals surface area contributed by atoms with Crippen LogP contribution in [0.15, 0.2) is 30.3 Å². The van der Waals surface area contributed by atoms with Gasteiger partial charge in [0.05, 0.1) is 12.6 Å². The molecule has 0 saturated carbocycles. The third kappa shape index (κ3) is 3.72. The predicted molar refractivity (Wildman–Crippen MR) is 74.8 cm³/mol. The van der Waals surface area contributed by atoms with E-state index in [4.69, 9.17) is 9.47 Å². The maximum Gasteiger partial charge on any atom is 0.411 e. The summed E-state index contributed by atoms with van der Waals surface area (Å²) in [6, 6.07) is 8.19. The number of carbonyl (C=O) groups excluding carboxylic acids is 1. The Morgan fingerprint density at radius 1 is 1.29 bits per heavy atom. The molecule has 6 nitrogen and oxygen atoms in total. The number of hydrogen-bond donors (Lipinski definition) is 1.